The van der Waals surface area contributed by atoms with Gasteiger partial charge in [0.25, 0.3) is 0 Å². The van der Waals surface area contributed by atoms with Gasteiger partial charge >= 0.3 is 0 Å². The van der Waals surface area contributed by atoms with Crippen molar-refractivity contribution in [3.8, 4) is 0 Å². The molecule has 0 fully saturated rings. The lowest BCUT2D eigenvalue weighted by atomic mass is 10.1. The fraction of sp³-hybridized carbons (Fsp3) is 0.136. The van der Waals surface area contributed by atoms with Gasteiger partial charge in [-0.15, -0.1) is 0 Å². The van der Waals surface area contributed by atoms with Crippen LogP contribution in [0.4, 0.5) is 0 Å². The van der Waals surface area contributed by atoms with E-state index in [4.69, 9.17) is 18.0 Å². The molecule has 0 saturated carbocycles. The zero-order valence-corrected chi connectivity index (χ0v) is 15.0. The molecule has 3 heteroatoms. The molecule has 2 N–H and O–H groups in total. The lowest BCUT2D eigenvalue weighted by molar-refractivity contribution is 0.247. The Bertz CT molecular complexity index is 774. The zero-order valence-electron chi connectivity index (χ0n) is 14.1. The van der Waals surface area contributed by atoms with Crippen molar-refractivity contribution in [2.75, 3.05) is 0 Å². The van der Waals surface area contributed by atoms with Crippen LogP contribution in [0.15, 0.2) is 84.9 Å². The first-order valence-electron chi connectivity index (χ1n) is 8.39. The highest BCUT2D eigenvalue weighted by Crippen LogP contribution is 2.15. The molecule has 0 aliphatic heterocycles. The number of nitrogens with zero attached hydrogens (tertiary/aromatic N) is 1. The molecule has 0 aromatic heterocycles. The van der Waals surface area contributed by atoms with Gasteiger partial charge in [0.05, 0.1) is 0 Å². The summed E-state index contributed by atoms with van der Waals surface area (Å²) >= 11 is 5.11. The van der Waals surface area contributed by atoms with E-state index in [-0.39, 0.29) is 0 Å². The van der Waals surface area contributed by atoms with Crippen LogP contribution < -0.4 is 5.73 Å². The number of benzene rings is 3. The van der Waals surface area contributed by atoms with Gasteiger partial charge in [0.1, 0.15) is 4.99 Å². The SMILES string of the molecule is NC(=S)c1cccc(CN(Cc2ccccc2)Cc2ccccc2)c1. The van der Waals surface area contributed by atoms with Crippen LogP contribution in [0.3, 0.4) is 0 Å². The molecule has 0 unspecified atom stereocenters. The van der Waals surface area contributed by atoms with Crippen LogP contribution in [0.25, 0.3) is 0 Å². The Morgan fingerprint density at radius 3 is 1.68 bits per heavy atom. The first-order chi connectivity index (χ1) is 12.2. The van der Waals surface area contributed by atoms with Crippen molar-refractivity contribution in [1.82, 2.24) is 4.90 Å². The van der Waals surface area contributed by atoms with Crippen LogP contribution in [0.5, 0.6) is 0 Å². The van der Waals surface area contributed by atoms with Crippen LogP contribution in [0.2, 0.25) is 0 Å². The summed E-state index contributed by atoms with van der Waals surface area (Å²) in [5.41, 5.74) is 10.5. The second-order valence-corrected chi connectivity index (χ2v) is 6.62. The summed E-state index contributed by atoms with van der Waals surface area (Å²) in [6.07, 6.45) is 0. The number of hydrogen-bond acceptors (Lipinski definition) is 2. The maximum absolute atomic E-state index is 5.78. The molecule has 126 valence electrons. The predicted molar refractivity (Wildman–Crippen MR) is 108 cm³/mol. The third-order valence-electron chi connectivity index (χ3n) is 4.12. The number of thiocarbonyl (C=S) groups is 1. The fourth-order valence-electron chi connectivity index (χ4n) is 2.93. The summed E-state index contributed by atoms with van der Waals surface area (Å²) in [4.78, 5) is 2.88. The standard InChI is InChI=1S/C22H22N2S/c23-22(25)21-13-7-12-20(14-21)17-24(15-18-8-3-1-4-9-18)16-19-10-5-2-6-11-19/h1-14H,15-17H2,(H2,23,25). The van der Waals surface area contributed by atoms with Crippen molar-refractivity contribution in [3.05, 3.63) is 107 Å². The minimum Gasteiger partial charge on any atom is -0.389 e. The summed E-state index contributed by atoms with van der Waals surface area (Å²) in [5.74, 6) is 0. The average Bonchev–Trinajstić information content (AvgIpc) is 2.63. The highest BCUT2D eigenvalue weighted by atomic mass is 32.1. The Balaban J connectivity index is 1.80. The van der Waals surface area contributed by atoms with E-state index in [1.165, 1.54) is 16.7 Å². The van der Waals surface area contributed by atoms with Crippen LogP contribution in [0, 0.1) is 0 Å². The maximum Gasteiger partial charge on any atom is 0.103 e. The molecule has 2 nitrogen and oxygen atoms in total. The molecule has 0 bridgehead atoms. The topological polar surface area (TPSA) is 29.3 Å². The molecule has 0 radical (unpaired) electrons. The van der Waals surface area contributed by atoms with Crippen LogP contribution in [0.1, 0.15) is 22.3 Å². The van der Waals surface area contributed by atoms with Gasteiger partial charge in [0, 0.05) is 25.2 Å². The average molecular weight is 346 g/mol. The quantitative estimate of drug-likeness (QED) is 0.638. The minimum absolute atomic E-state index is 0.444. The third-order valence-corrected chi connectivity index (χ3v) is 4.35. The second kappa shape index (κ2) is 8.56. The van der Waals surface area contributed by atoms with Crippen molar-refractivity contribution in [3.63, 3.8) is 0 Å². The molecule has 0 spiro atoms. The maximum atomic E-state index is 5.78. The molecule has 3 aromatic carbocycles. The van der Waals surface area contributed by atoms with E-state index < -0.39 is 0 Å². The summed E-state index contributed by atoms with van der Waals surface area (Å²) in [6.45, 7) is 2.64. The van der Waals surface area contributed by atoms with Crippen LogP contribution >= 0.6 is 12.2 Å². The van der Waals surface area contributed by atoms with E-state index in [9.17, 15) is 0 Å². The van der Waals surface area contributed by atoms with E-state index >= 15 is 0 Å². The Morgan fingerprint density at radius 1 is 0.680 bits per heavy atom. The van der Waals surface area contributed by atoms with Crippen molar-refractivity contribution in [2.24, 2.45) is 5.73 Å². The van der Waals surface area contributed by atoms with Gasteiger partial charge in [-0.1, -0.05) is 91.1 Å². The number of nitrogens with two attached hydrogens (primary N) is 1. The molecule has 0 atom stereocenters. The summed E-state index contributed by atoms with van der Waals surface area (Å²) in [7, 11) is 0. The number of rotatable bonds is 7. The molecular formula is C22H22N2S. The van der Waals surface area contributed by atoms with E-state index in [1.807, 2.05) is 12.1 Å². The van der Waals surface area contributed by atoms with E-state index in [0.717, 1.165) is 25.2 Å². The monoisotopic (exact) mass is 346 g/mol. The highest BCUT2D eigenvalue weighted by Gasteiger charge is 2.09. The van der Waals surface area contributed by atoms with Gasteiger partial charge in [0.2, 0.25) is 0 Å². The van der Waals surface area contributed by atoms with Gasteiger partial charge in [0.15, 0.2) is 0 Å². The van der Waals surface area contributed by atoms with Crippen LogP contribution in [-0.4, -0.2) is 9.89 Å². The van der Waals surface area contributed by atoms with E-state index in [2.05, 4.69) is 77.7 Å². The van der Waals surface area contributed by atoms with Crippen LogP contribution in [-0.2, 0) is 19.6 Å². The minimum atomic E-state index is 0.444. The van der Waals surface area contributed by atoms with Gasteiger partial charge in [-0.3, -0.25) is 4.90 Å². The molecule has 0 heterocycles. The lowest BCUT2D eigenvalue weighted by Gasteiger charge is -2.23. The largest absolute Gasteiger partial charge is 0.389 e. The molecular weight excluding hydrogens is 324 g/mol. The fourth-order valence-corrected chi connectivity index (χ4v) is 3.06. The summed E-state index contributed by atoms with van der Waals surface area (Å²) in [6, 6.07) is 29.3. The molecule has 3 rings (SSSR count). The molecule has 3 aromatic rings. The van der Waals surface area contributed by atoms with Gasteiger partial charge in [-0.2, -0.15) is 0 Å². The van der Waals surface area contributed by atoms with Crippen molar-refractivity contribution in [1.29, 1.82) is 0 Å². The third kappa shape index (κ3) is 5.24. The van der Waals surface area contributed by atoms with E-state index in [1.54, 1.807) is 0 Å². The molecule has 0 aliphatic carbocycles. The van der Waals surface area contributed by atoms with E-state index in [0.29, 0.717) is 4.99 Å². The van der Waals surface area contributed by atoms with Crippen molar-refractivity contribution < 1.29 is 0 Å². The zero-order chi connectivity index (χ0) is 17.5. The number of hydrogen-bond donors (Lipinski definition) is 1. The Hall–Kier alpha value is -2.49. The molecule has 0 aliphatic rings. The predicted octanol–water partition coefficient (Wildman–Crippen LogP) is 4.52. The summed E-state index contributed by atoms with van der Waals surface area (Å²) < 4.78 is 0. The van der Waals surface area contributed by atoms with Crippen molar-refractivity contribution in [2.45, 2.75) is 19.6 Å². The Labute approximate surface area is 154 Å². The first-order valence-corrected chi connectivity index (χ1v) is 8.80. The van der Waals surface area contributed by atoms with Gasteiger partial charge in [-0.05, 0) is 22.8 Å². The normalized spacial score (nSPS) is 10.8. The lowest BCUT2D eigenvalue weighted by Crippen LogP contribution is -2.22. The van der Waals surface area contributed by atoms with Gasteiger partial charge < -0.3 is 5.73 Å². The highest BCUT2D eigenvalue weighted by molar-refractivity contribution is 7.80. The van der Waals surface area contributed by atoms with Gasteiger partial charge in [-0.25, -0.2) is 0 Å². The smallest absolute Gasteiger partial charge is 0.103 e. The molecule has 0 amide bonds. The molecule has 25 heavy (non-hydrogen) atoms. The van der Waals surface area contributed by atoms with Crippen molar-refractivity contribution >= 4 is 17.2 Å². The summed E-state index contributed by atoms with van der Waals surface area (Å²) in [5, 5.41) is 0. The Morgan fingerprint density at radius 2 is 1.16 bits per heavy atom. The first kappa shape index (κ1) is 17.3. The second-order valence-electron chi connectivity index (χ2n) is 6.18. The molecule has 0 saturated heterocycles. The Kier molecular flexibility index (Phi) is 5.94.